The summed E-state index contributed by atoms with van der Waals surface area (Å²) >= 11 is 0. The molecule has 1 amide bonds. The Labute approximate surface area is 114 Å². The van der Waals surface area contributed by atoms with Gasteiger partial charge in [0.05, 0.1) is 12.1 Å². The van der Waals surface area contributed by atoms with Crippen LogP contribution in [0.5, 0.6) is 0 Å². The Morgan fingerprint density at radius 1 is 1.47 bits per heavy atom. The highest BCUT2D eigenvalue weighted by molar-refractivity contribution is 5.82. The fourth-order valence-corrected chi connectivity index (χ4v) is 2.42. The van der Waals surface area contributed by atoms with Crippen LogP contribution in [0.15, 0.2) is 24.3 Å². The molecule has 0 saturated heterocycles. The van der Waals surface area contributed by atoms with Gasteiger partial charge in [-0.1, -0.05) is 37.6 Å². The number of carbonyl (C=O) groups is 1. The summed E-state index contributed by atoms with van der Waals surface area (Å²) in [6, 6.07) is 7.99. The number of amides is 1. The lowest BCUT2D eigenvalue weighted by molar-refractivity contribution is -0.123. The van der Waals surface area contributed by atoms with Gasteiger partial charge in [0, 0.05) is 13.1 Å². The van der Waals surface area contributed by atoms with Crippen LogP contribution >= 0.6 is 0 Å². The van der Waals surface area contributed by atoms with Gasteiger partial charge in [-0.2, -0.15) is 0 Å². The summed E-state index contributed by atoms with van der Waals surface area (Å²) < 4.78 is 0. The van der Waals surface area contributed by atoms with Gasteiger partial charge in [-0.05, 0) is 24.0 Å². The van der Waals surface area contributed by atoms with E-state index in [0.717, 1.165) is 19.4 Å². The van der Waals surface area contributed by atoms with Gasteiger partial charge in [-0.25, -0.2) is 0 Å². The molecule has 1 heterocycles. The number of rotatable bonds is 5. The van der Waals surface area contributed by atoms with E-state index in [-0.39, 0.29) is 11.9 Å². The minimum Gasteiger partial charge on any atom is -0.391 e. The smallest absolute Gasteiger partial charge is 0.237 e. The zero-order valence-electron chi connectivity index (χ0n) is 11.4. The maximum Gasteiger partial charge on any atom is 0.237 e. The molecular formula is C15H22N2O2. The molecule has 1 unspecified atom stereocenters. The van der Waals surface area contributed by atoms with Crippen molar-refractivity contribution in [3.05, 3.63) is 35.4 Å². The first kappa shape index (κ1) is 14.0. The Balaban J connectivity index is 1.85. The van der Waals surface area contributed by atoms with Crippen molar-refractivity contribution in [1.29, 1.82) is 0 Å². The van der Waals surface area contributed by atoms with Crippen molar-refractivity contribution in [2.45, 2.75) is 44.9 Å². The normalized spacial score (nSPS) is 19.6. The summed E-state index contributed by atoms with van der Waals surface area (Å²) in [5.74, 6) is -0.0235. The van der Waals surface area contributed by atoms with Crippen LogP contribution in [0.4, 0.5) is 0 Å². The highest BCUT2D eigenvalue weighted by atomic mass is 16.3. The summed E-state index contributed by atoms with van der Waals surface area (Å²) in [7, 11) is 0. The van der Waals surface area contributed by atoms with Crippen LogP contribution in [0, 0.1) is 0 Å². The zero-order chi connectivity index (χ0) is 13.7. The molecule has 0 saturated carbocycles. The predicted octanol–water partition coefficient (Wildman–Crippen LogP) is 0.978. The fourth-order valence-electron chi connectivity index (χ4n) is 2.42. The van der Waals surface area contributed by atoms with Crippen molar-refractivity contribution >= 4 is 5.91 Å². The average Bonchev–Trinajstić information content (AvgIpc) is 2.44. The molecule has 1 aliphatic heterocycles. The summed E-state index contributed by atoms with van der Waals surface area (Å²) in [4.78, 5) is 12.0. The van der Waals surface area contributed by atoms with E-state index in [4.69, 9.17) is 0 Å². The first-order valence-corrected chi connectivity index (χ1v) is 6.96. The molecule has 0 radical (unpaired) electrons. The van der Waals surface area contributed by atoms with E-state index < -0.39 is 6.10 Å². The lowest BCUT2D eigenvalue weighted by Crippen LogP contribution is -2.49. The summed E-state index contributed by atoms with van der Waals surface area (Å²) in [5.41, 5.74) is 2.49. The van der Waals surface area contributed by atoms with Crippen molar-refractivity contribution in [3.8, 4) is 0 Å². The number of aliphatic hydroxyl groups excluding tert-OH is 1. The molecule has 19 heavy (non-hydrogen) atoms. The number of nitrogens with one attached hydrogen (secondary N) is 2. The number of fused-ring (bicyclic) bond motifs is 1. The van der Waals surface area contributed by atoms with Gasteiger partial charge in [0.15, 0.2) is 0 Å². The van der Waals surface area contributed by atoms with E-state index in [0.29, 0.717) is 13.0 Å². The molecule has 1 aromatic carbocycles. The number of hydrogen-bond donors (Lipinski definition) is 3. The Morgan fingerprint density at radius 3 is 2.95 bits per heavy atom. The summed E-state index contributed by atoms with van der Waals surface area (Å²) in [5, 5.41) is 15.7. The molecule has 1 aromatic rings. The third-order valence-corrected chi connectivity index (χ3v) is 3.53. The molecule has 104 valence electrons. The Bertz CT molecular complexity index is 434. The maximum absolute atomic E-state index is 12.0. The third kappa shape index (κ3) is 3.78. The third-order valence-electron chi connectivity index (χ3n) is 3.53. The number of benzene rings is 1. The maximum atomic E-state index is 12.0. The molecule has 4 heteroatoms. The predicted molar refractivity (Wildman–Crippen MR) is 74.7 cm³/mol. The van der Waals surface area contributed by atoms with Crippen molar-refractivity contribution in [1.82, 2.24) is 10.6 Å². The van der Waals surface area contributed by atoms with E-state index in [9.17, 15) is 9.90 Å². The van der Waals surface area contributed by atoms with E-state index in [1.165, 1.54) is 11.1 Å². The van der Waals surface area contributed by atoms with Gasteiger partial charge in [0.2, 0.25) is 5.91 Å². The molecule has 3 N–H and O–H groups in total. The van der Waals surface area contributed by atoms with E-state index in [1.54, 1.807) is 0 Å². The lowest BCUT2D eigenvalue weighted by Gasteiger charge is -2.25. The first-order valence-electron chi connectivity index (χ1n) is 6.96. The zero-order valence-corrected chi connectivity index (χ0v) is 11.4. The minimum absolute atomic E-state index is 0.0235. The highest BCUT2D eigenvalue weighted by Gasteiger charge is 2.23. The quantitative estimate of drug-likeness (QED) is 0.741. The standard InChI is InChI=1S/C15H22N2O2/c1-2-5-13(18)10-17-15(19)14-8-11-6-3-4-7-12(11)9-16-14/h3-4,6-7,13-14,16,18H,2,5,8-10H2,1H3,(H,17,19)/t13?,14-/m1/s1. The molecule has 0 aromatic heterocycles. The molecule has 0 aliphatic carbocycles. The average molecular weight is 262 g/mol. The minimum atomic E-state index is -0.440. The number of aliphatic hydroxyl groups is 1. The van der Waals surface area contributed by atoms with Crippen LogP contribution in [0.25, 0.3) is 0 Å². The van der Waals surface area contributed by atoms with Crippen LogP contribution in [-0.4, -0.2) is 29.7 Å². The molecule has 2 rings (SSSR count). The van der Waals surface area contributed by atoms with Gasteiger partial charge in [0.1, 0.15) is 0 Å². The van der Waals surface area contributed by atoms with Gasteiger partial charge in [-0.3, -0.25) is 4.79 Å². The SMILES string of the molecule is CCCC(O)CNC(=O)[C@H]1Cc2ccccc2CN1. The summed E-state index contributed by atoms with van der Waals surface area (Å²) in [6.07, 6.45) is 1.92. The fraction of sp³-hybridized carbons (Fsp3) is 0.533. The molecule has 0 fully saturated rings. The second-order valence-corrected chi connectivity index (χ2v) is 5.09. The molecular weight excluding hydrogens is 240 g/mol. The molecule has 2 atom stereocenters. The van der Waals surface area contributed by atoms with Crippen LogP contribution in [-0.2, 0) is 17.8 Å². The van der Waals surface area contributed by atoms with Crippen LogP contribution in [0.1, 0.15) is 30.9 Å². The molecule has 1 aliphatic rings. The Hall–Kier alpha value is -1.39. The van der Waals surface area contributed by atoms with Gasteiger partial charge < -0.3 is 15.7 Å². The lowest BCUT2D eigenvalue weighted by atomic mass is 9.95. The Kier molecular flexibility index (Phi) is 4.93. The monoisotopic (exact) mass is 262 g/mol. The largest absolute Gasteiger partial charge is 0.391 e. The van der Waals surface area contributed by atoms with Crippen LogP contribution < -0.4 is 10.6 Å². The highest BCUT2D eigenvalue weighted by Crippen LogP contribution is 2.16. The first-order chi connectivity index (χ1) is 9.20. The topological polar surface area (TPSA) is 61.4 Å². The van der Waals surface area contributed by atoms with Crippen molar-refractivity contribution in [2.75, 3.05) is 6.54 Å². The molecule has 0 spiro atoms. The van der Waals surface area contributed by atoms with Crippen molar-refractivity contribution in [3.63, 3.8) is 0 Å². The van der Waals surface area contributed by atoms with Crippen LogP contribution in [0.2, 0.25) is 0 Å². The van der Waals surface area contributed by atoms with Crippen molar-refractivity contribution < 1.29 is 9.90 Å². The number of hydrogen-bond acceptors (Lipinski definition) is 3. The number of carbonyl (C=O) groups excluding carboxylic acids is 1. The molecule has 0 bridgehead atoms. The van der Waals surface area contributed by atoms with Crippen molar-refractivity contribution in [2.24, 2.45) is 0 Å². The van der Waals surface area contributed by atoms with Gasteiger partial charge >= 0.3 is 0 Å². The van der Waals surface area contributed by atoms with E-state index in [2.05, 4.69) is 22.8 Å². The van der Waals surface area contributed by atoms with Gasteiger partial charge in [-0.15, -0.1) is 0 Å². The summed E-state index contributed by atoms with van der Waals surface area (Å²) in [6.45, 7) is 3.09. The molecule has 4 nitrogen and oxygen atoms in total. The Morgan fingerprint density at radius 2 is 2.21 bits per heavy atom. The van der Waals surface area contributed by atoms with E-state index >= 15 is 0 Å². The second kappa shape index (κ2) is 6.68. The van der Waals surface area contributed by atoms with Crippen LogP contribution in [0.3, 0.4) is 0 Å². The van der Waals surface area contributed by atoms with Gasteiger partial charge in [0.25, 0.3) is 0 Å². The second-order valence-electron chi connectivity index (χ2n) is 5.09. The van der Waals surface area contributed by atoms with E-state index in [1.807, 2.05) is 19.1 Å².